The van der Waals surface area contributed by atoms with Crippen molar-refractivity contribution in [2.75, 3.05) is 0 Å². The Hall–Kier alpha value is -2.30. The Morgan fingerprint density at radius 2 is 1.89 bits per heavy atom. The van der Waals surface area contributed by atoms with Gasteiger partial charge >= 0.3 is 15.6 Å². The maximum absolute atomic E-state index is 14.6. The second-order valence-electron chi connectivity index (χ2n) is 11.7. The third-order valence-electron chi connectivity index (χ3n) is 7.64. The molecule has 2 fully saturated rings. The quantitative estimate of drug-likeness (QED) is 0.281. The van der Waals surface area contributed by atoms with Crippen molar-refractivity contribution < 1.29 is 35.0 Å². The second-order valence-corrected chi connectivity index (χ2v) is 13.2. The molecule has 0 spiro atoms. The smallest absolute Gasteiger partial charge is 0.372 e. The van der Waals surface area contributed by atoms with Gasteiger partial charge in [0.15, 0.2) is 11.6 Å². The first-order valence-corrected chi connectivity index (χ1v) is 13.5. The Morgan fingerprint density at radius 3 is 2.53 bits per heavy atom. The third-order valence-corrected chi connectivity index (χ3v) is 8.59. The monoisotopic (exact) mass is 532 g/mol. The summed E-state index contributed by atoms with van der Waals surface area (Å²) in [5.41, 5.74) is -4.93. The molecular weight excluding hydrogens is 500 g/mol. The molecule has 1 saturated carbocycles. The van der Waals surface area contributed by atoms with Crippen molar-refractivity contribution in [3.63, 3.8) is 0 Å². The first-order chi connectivity index (χ1) is 16.4. The van der Waals surface area contributed by atoms with Crippen LogP contribution in [0.2, 0.25) is 0 Å². The molecule has 1 saturated heterocycles. The molecule has 1 aliphatic heterocycles. The average molecular weight is 533 g/mol. The highest BCUT2D eigenvalue weighted by Gasteiger charge is 2.50. The molecule has 200 valence electrons. The van der Waals surface area contributed by atoms with Gasteiger partial charge in [0.05, 0.1) is 0 Å². The van der Waals surface area contributed by atoms with Gasteiger partial charge in [-0.3, -0.25) is 4.79 Å². The fourth-order valence-electron chi connectivity index (χ4n) is 6.85. The summed E-state index contributed by atoms with van der Waals surface area (Å²) in [6.45, 7) is 10.5. The van der Waals surface area contributed by atoms with E-state index >= 15 is 0 Å². The van der Waals surface area contributed by atoms with E-state index in [1.807, 2.05) is 11.8 Å². The molecule has 6 nitrogen and oxygen atoms in total. The molecule has 2 heterocycles. The normalized spacial score (nSPS) is 27.2. The SMILES string of the molecule is CC(CC(=O)N1C(C)CC2(C)CC1CC(C)(C)C2)c1c[nH]c2ccc(F)c(OS(=O)(=O)C(F)(F)F)c12. The van der Waals surface area contributed by atoms with Gasteiger partial charge in [0, 0.05) is 35.6 Å². The minimum absolute atomic E-state index is 0.0346. The Kier molecular flexibility index (Phi) is 6.41. The summed E-state index contributed by atoms with van der Waals surface area (Å²) in [7, 11) is -6.09. The number of benzene rings is 1. The van der Waals surface area contributed by atoms with Crippen LogP contribution in [0.1, 0.15) is 78.2 Å². The van der Waals surface area contributed by atoms with Crippen LogP contribution >= 0.6 is 0 Å². The number of carbonyl (C=O) groups excluding carboxylic acids is 1. The zero-order valence-corrected chi connectivity index (χ0v) is 21.8. The van der Waals surface area contributed by atoms with Crippen LogP contribution in [-0.4, -0.2) is 41.8 Å². The van der Waals surface area contributed by atoms with Gasteiger partial charge in [-0.25, -0.2) is 4.39 Å². The Labute approximate surface area is 208 Å². The Morgan fingerprint density at radius 1 is 1.22 bits per heavy atom. The molecule has 2 aliphatic rings. The number of alkyl halides is 3. The highest BCUT2D eigenvalue weighted by atomic mass is 32.2. The molecule has 2 aromatic rings. The summed E-state index contributed by atoms with van der Waals surface area (Å²) in [5.74, 6) is -2.91. The molecular formula is C25H32F4N2O4S. The summed E-state index contributed by atoms with van der Waals surface area (Å²) < 4.78 is 80.9. The van der Waals surface area contributed by atoms with Crippen LogP contribution in [0.5, 0.6) is 5.75 Å². The van der Waals surface area contributed by atoms with Crippen LogP contribution in [0.15, 0.2) is 18.3 Å². The van der Waals surface area contributed by atoms with E-state index in [0.29, 0.717) is 5.56 Å². The van der Waals surface area contributed by atoms with Crippen LogP contribution in [0.25, 0.3) is 10.9 Å². The van der Waals surface area contributed by atoms with Gasteiger partial charge in [0.2, 0.25) is 5.91 Å². The summed E-state index contributed by atoms with van der Waals surface area (Å²) in [5, 5.41) is -0.124. The van der Waals surface area contributed by atoms with Gasteiger partial charge < -0.3 is 14.1 Å². The topological polar surface area (TPSA) is 79.5 Å². The molecule has 11 heteroatoms. The van der Waals surface area contributed by atoms with Crippen molar-refractivity contribution in [3.8, 4) is 5.75 Å². The summed E-state index contributed by atoms with van der Waals surface area (Å²) in [6.07, 6.45) is 5.29. The van der Waals surface area contributed by atoms with Crippen LogP contribution in [0, 0.1) is 16.6 Å². The lowest BCUT2D eigenvalue weighted by Crippen LogP contribution is -2.58. The number of fused-ring (bicyclic) bond motifs is 3. The maximum atomic E-state index is 14.6. The summed E-state index contributed by atoms with van der Waals surface area (Å²) in [6, 6.07) is 2.25. The molecule has 1 N–H and O–H groups in total. The predicted octanol–water partition coefficient (Wildman–Crippen LogP) is 6.23. The molecule has 0 radical (unpaired) electrons. The van der Waals surface area contributed by atoms with E-state index < -0.39 is 33.1 Å². The fraction of sp³-hybridized carbons (Fsp3) is 0.640. The van der Waals surface area contributed by atoms with Crippen LogP contribution in [0.3, 0.4) is 0 Å². The molecule has 1 amide bonds. The molecule has 36 heavy (non-hydrogen) atoms. The number of amides is 1. The Balaban J connectivity index is 1.63. The molecule has 4 atom stereocenters. The van der Waals surface area contributed by atoms with E-state index in [0.717, 1.165) is 31.7 Å². The van der Waals surface area contributed by atoms with Gasteiger partial charge in [-0.05, 0) is 67.1 Å². The van der Waals surface area contributed by atoms with E-state index in [2.05, 4.69) is 29.9 Å². The number of nitrogens with one attached hydrogen (secondary N) is 1. The van der Waals surface area contributed by atoms with Crippen molar-refractivity contribution >= 4 is 26.9 Å². The van der Waals surface area contributed by atoms with Crippen molar-refractivity contribution in [3.05, 3.63) is 29.7 Å². The molecule has 2 bridgehead atoms. The van der Waals surface area contributed by atoms with Gasteiger partial charge in [-0.15, -0.1) is 0 Å². The third kappa shape index (κ3) is 4.82. The zero-order chi connectivity index (χ0) is 26.8. The van der Waals surface area contributed by atoms with Gasteiger partial charge in [0.25, 0.3) is 0 Å². The van der Waals surface area contributed by atoms with Crippen LogP contribution in [-0.2, 0) is 14.9 Å². The van der Waals surface area contributed by atoms with Crippen LogP contribution < -0.4 is 4.18 Å². The number of nitrogens with zero attached hydrogens (tertiary/aromatic N) is 1. The molecule has 4 rings (SSSR count). The standard InChI is InChI=1S/C25H32F4N2O4S/c1-14(8-20(32)31-15(2)9-24(5)11-16(31)10-23(3,4)13-24)17-12-30-19-7-6-18(26)22(21(17)19)35-36(33,34)25(27,28)29/h6-7,12,14-16,30H,8-11,13H2,1-5H3. The maximum Gasteiger partial charge on any atom is 0.534 e. The number of hydrogen-bond acceptors (Lipinski definition) is 4. The number of piperidine rings is 1. The molecule has 1 aromatic carbocycles. The molecule has 4 unspecified atom stereocenters. The highest BCUT2D eigenvalue weighted by molar-refractivity contribution is 7.88. The fourth-order valence-corrected chi connectivity index (χ4v) is 7.32. The number of hydrogen-bond donors (Lipinski definition) is 1. The zero-order valence-electron chi connectivity index (χ0n) is 21.0. The van der Waals surface area contributed by atoms with E-state index in [4.69, 9.17) is 0 Å². The van der Waals surface area contributed by atoms with E-state index in [1.54, 1.807) is 6.92 Å². The summed E-state index contributed by atoms with van der Waals surface area (Å²) in [4.78, 5) is 18.3. The van der Waals surface area contributed by atoms with Gasteiger partial charge in [-0.2, -0.15) is 21.6 Å². The number of likely N-dealkylation sites (tertiary alicyclic amines) is 1. The lowest BCUT2D eigenvalue weighted by atomic mass is 9.58. The minimum Gasteiger partial charge on any atom is -0.372 e. The number of aromatic nitrogens is 1. The largest absolute Gasteiger partial charge is 0.534 e. The first kappa shape index (κ1) is 26.8. The number of H-pyrrole nitrogens is 1. The lowest BCUT2D eigenvalue weighted by Gasteiger charge is -2.57. The van der Waals surface area contributed by atoms with E-state index in [1.165, 1.54) is 12.3 Å². The predicted molar refractivity (Wildman–Crippen MR) is 127 cm³/mol. The van der Waals surface area contributed by atoms with Crippen molar-refractivity contribution in [1.29, 1.82) is 0 Å². The highest BCUT2D eigenvalue weighted by Crippen LogP contribution is 2.53. The van der Waals surface area contributed by atoms with E-state index in [9.17, 15) is 30.8 Å². The number of halogens is 4. The number of aromatic amines is 1. The van der Waals surface area contributed by atoms with Crippen molar-refractivity contribution in [2.45, 2.75) is 90.2 Å². The molecule has 1 aliphatic carbocycles. The molecule has 1 aromatic heterocycles. The van der Waals surface area contributed by atoms with Crippen molar-refractivity contribution in [2.24, 2.45) is 10.8 Å². The second kappa shape index (κ2) is 8.63. The lowest BCUT2D eigenvalue weighted by molar-refractivity contribution is -0.147. The number of rotatable bonds is 5. The van der Waals surface area contributed by atoms with Gasteiger partial charge in [0.1, 0.15) is 0 Å². The van der Waals surface area contributed by atoms with Gasteiger partial charge in [-0.1, -0.05) is 27.7 Å². The summed E-state index contributed by atoms with van der Waals surface area (Å²) >= 11 is 0. The van der Waals surface area contributed by atoms with E-state index in [-0.39, 0.29) is 46.1 Å². The Bertz CT molecular complexity index is 1280. The minimum atomic E-state index is -6.09. The average Bonchev–Trinajstić information content (AvgIpc) is 3.11. The first-order valence-electron chi connectivity index (χ1n) is 12.0. The number of carbonyl (C=O) groups is 1. The van der Waals surface area contributed by atoms with Crippen molar-refractivity contribution in [1.82, 2.24) is 9.88 Å². The van der Waals surface area contributed by atoms with Crippen LogP contribution in [0.4, 0.5) is 17.6 Å².